The Bertz CT molecular complexity index is 4310. The summed E-state index contributed by atoms with van der Waals surface area (Å²) in [5.41, 5.74) is 6.80. The molecule has 3 saturated heterocycles. The molecule has 9 aromatic carbocycles. The van der Waals surface area contributed by atoms with Crippen molar-refractivity contribution in [1.82, 2.24) is 10.2 Å². The Morgan fingerprint density at radius 2 is 0.864 bits per heavy atom. The molecule has 0 unspecified atom stereocenters. The molecule has 0 spiro atoms. The third-order valence-electron chi connectivity index (χ3n) is 20.1. The summed E-state index contributed by atoms with van der Waals surface area (Å²) in [5.74, 6) is -2.30. The van der Waals surface area contributed by atoms with E-state index in [1.807, 2.05) is 219 Å². The number of alkyl carbamates (subject to hydrolysis) is 1. The Morgan fingerprint density at radius 3 is 1.40 bits per heavy atom. The van der Waals surface area contributed by atoms with Crippen molar-refractivity contribution < 1.29 is 90.2 Å². The predicted octanol–water partition coefficient (Wildman–Crippen LogP) is 13.6. The fourth-order valence-electron chi connectivity index (χ4n) is 14.4. The number of hydrogen-bond acceptors (Lipinski definition) is 19. The van der Waals surface area contributed by atoms with Crippen LogP contribution in [0.3, 0.4) is 0 Å². The zero-order chi connectivity index (χ0) is 75.2. The summed E-state index contributed by atoms with van der Waals surface area (Å²) in [4.78, 5) is 61.4. The number of carbonyl (C=O) groups excluding carboxylic acids is 4. The van der Waals surface area contributed by atoms with Gasteiger partial charge in [-0.05, 0) is 88.9 Å². The summed E-state index contributed by atoms with van der Waals surface area (Å²) in [6, 6.07) is 79.4. The second-order valence-corrected chi connectivity index (χ2v) is 27.8. The second kappa shape index (κ2) is 38.8. The van der Waals surface area contributed by atoms with Gasteiger partial charge in [0.25, 0.3) is 11.8 Å². The van der Waals surface area contributed by atoms with E-state index in [1.54, 1.807) is 48.5 Å². The first-order valence-corrected chi connectivity index (χ1v) is 37.7. The molecule has 9 aromatic rings. The molecule has 5 aliphatic heterocycles. The van der Waals surface area contributed by atoms with Gasteiger partial charge < -0.3 is 76.4 Å². The second-order valence-electron chi connectivity index (χ2n) is 27.8. The van der Waals surface area contributed by atoms with Gasteiger partial charge in [0.05, 0.1) is 82.3 Å². The molecule has 15 atom stereocenters. The molecular formula is C89H92N2O19. The molecule has 14 rings (SSSR count). The fraction of sp³-hybridized carbons (Fsp3) is 0.348. The monoisotopic (exact) mass is 1490 g/mol. The van der Waals surface area contributed by atoms with Gasteiger partial charge in [-0.25, -0.2) is 9.59 Å². The number of carbonyl (C=O) groups is 4. The van der Waals surface area contributed by atoms with Crippen molar-refractivity contribution in [2.24, 2.45) is 0 Å². The first-order valence-electron chi connectivity index (χ1n) is 37.7. The number of nitrogens with zero attached hydrogens (tertiary/aromatic N) is 1. The lowest BCUT2D eigenvalue weighted by Crippen LogP contribution is -2.71. The van der Waals surface area contributed by atoms with Crippen molar-refractivity contribution in [2.75, 3.05) is 26.4 Å². The van der Waals surface area contributed by atoms with E-state index in [9.17, 15) is 4.79 Å². The molecule has 5 aliphatic rings. The molecule has 0 aliphatic carbocycles. The van der Waals surface area contributed by atoms with Crippen LogP contribution in [0.25, 0.3) is 0 Å². The van der Waals surface area contributed by atoms with Gasteiger partial charge in [-0.1, -0.05) is 243 Å². The van der Waals surface area contributed by atoms with E-state index in [-0.39, 0.29) is 89.4 Å². The van der Waals surface area contributed by atoms with Crippen LogP contribution in [0, 0.1) is 0 Å². The van der Waals surface area contributed by atoms with Crippen LogP contribution in [0.1, 0.15) is 102 Å². The van der Waals surface area contributed by atoms with Gasteiger partial charge in [-0.15, -0.1) is 0 Å². The van der Waals surface area contributed by atoms with E-state index < -0.39 is 116 Å². The van der Waals surface area contributed by atoms with Crippen LogP contribution < -0.4 is 5.32 Å². The maximum atomic E-state index is 15.9. The SMILES string of the molecule is C[C@@H]1O[C@@H](OCCCCCNC(=O)OCc2ccccc2)[C@H](O[C@@H]2O[C@H](COCc3ccccc3)[C@H]3O[C@H]4O[C@H](COCc5ccccc5)[C@@H](OCc5ccccc5)[C@H](OCc5ccccc5)[C@H]4OCc4ccccc4C(=O)O[C@@H]3[C@H]2N2C(=O)c3ccccc3C2=O)[C@H](OCc2ccccc2)[C@H]1OCc1ccccc1. The fourth-order valence-corrected chi connectivity index (χ4v) is 14.4. The average Bonchev–Trinajstić information content (AvgIpc) is 1.50. The first kappa shape index (κ1) is 77.1. The minimum atomic E-state index is -1.75. The standard InChI is InChI=1S/C89H92N2O19/c1-60-75(99-52-63-34-14-4-15-35-63)79(101-54-65-38-18-6-19-39-65)82(87(105-60)98-49-29-9-28-48-90-89(95)104-56-67-42-22-8-23-43-67)110-86-74(91-83(92)70-46-26-27-47-71(70)84(91)93)78-77(73(106-86)59-97-51-62-32-12-3-13-33-62)109-88-81(103-57-68-44-24-25-45-69(68)85(94)108-78)80(102-55-66-40-20-7-21-41-66)76(100-53-64-36-16-5-17-37-64)72(107-88)58-96-50-61-30-10-2-11-31-61/h2-8,10-27,30-47,60,72-82,86-88H,9,28-29,48-59H2,1H3,(H,90,95)/t60-,72+,73+,74+,75-,76+,77+,78+,79+,80-,81+,82+,86-,87+,88+/m0/s1. The van der Waals surface area contributed by atoms with Crippen LogP contribution in [0.15, 0.2) is 261 Å². The van der Waals surface area contributed by atoms with E-state index in [4.69, 9.17) is 71.1 Å². The number of amides is 3. The largest absolute Gasteiger partial charge is 0.453 e. The third-order valence-corrected chi connectivity index (χ3v) is 20.1. The minimum Gasteiger partial charge on any atom is -0.453 e. The van der Waals surface area contributed by atoms with Crippen LogP contribution in [-0.4, -0.2) is 147 Å². The summed E-state index contributed by atoms with van der Waals surface area (Å²) in [5, 5.41) is 2.85. The molecule has 0 bridgehead atoms. The Kier molecular flexibility index (Phi) is 27.2. The van der Waals surface area contributed by atoms with Gasteiger partial charge in [0.15, 0.2) is 25.0 Å². The smallest absolute Gasteiger partial charge is 0.407 e. The van der Waals surface area contributed by atoms with E-state index >= 15 is 14.4 Å². The number of unbranched alkanes of at least 4 members (excludes halogenated alkanes) is 2. The first-order chi connectivity index (χ1) is 54.1. The maximum Gasteiger partial charge on any atom is 0.407 e. The van der Waals surface area contributed by atoms with E-state index in [0.717, 1.165) is 43.8 Å². The van der Waals surface area contributed by atoms with Crippen molar-refractivity contribution in [1.29, 1.82) is 0 Å². The van der Waals surface area contributed by atoms with Gasteiger partial charge in [-0.2, -0.15) is 0 Å². The number of esters is 1. The van der Waals surface area contributed by atoms with E-state index in [2.05, 4.69) is 5.32 Å². The molecule has 0 radical (unpaired) electrons. The van der Waals surface area contributed by atoms with Gasteiger partial charge in [-0.3, -0.25) is 14.5 Å². The van der Waals surface area contributed by atoms with Crippen molar-refractivity contribution in [3.05, 3.63) is 322 Å². The summed E-state index contributed by atoms with van der Waals surface area (Å²) in [7, 11) is 0. The summed E-state index contributed by atoms with van der Waals surface area (Å²) in [6.07, 6.45) is -15.8. The Labute approximate surface area is 640 Å². The van der Waals surface area contributed by atoms with Crippen molar-refractivity contribution in [3.8, 4) is 0 Å². The van der Waals surface area contributed by atoms with Gasteiger partial charge in [0.2, 0.25) is 0 Å². The van der Waals surface area contributed by atoms with E-state index in [0.29, 0.717) is 31.4 Å². The minimum absolute atomic E-state index is 0.0379. The molecule has 5 heterocycles. The normalized spacial score (nSPS) is 25.2. The van der Waals surface area contributed by atoms with Gasteiger partial charge in [0.1, 0.15) is 67.6 Å². The third kappa shape index (κ3) is 19.9. The number of nitrogens with one attached hydrogen (secondary N) is 1. The lowest BCUT2D eigenvalue weighted by molar-refractivity contribution is -0.383. The number of ether oxygens (including phenoxy) is 15. The summed E-state index contributed by atoms with van der Waals surface area (Å²) in [6.45, 7) is 2.73. The van der Waals surface area contributed by atoms with Crippen molar-refractivity contribution in [2.45, 2.75) is 171 Å². The number of rotatable bonds is 32. The van der Waals surface area contributed by atoms with Crippen LogP contribution >= 0.6 is 0 Å². The molecule has 110 heavy (non-hydrogen) atoms. The number of benzene rings is 9. The quantitative estimate of drug-likeness (QED) is 0.0235. The van der Waals surface area contributed by atoms with Crippen LogP contribution in [0.4, 0.5) is 4.79 Å². The summed E-state index contributed by atoms with van der Waals surface area (Å²) < 4.78 is 106. The number of fused-ring (bicyclic) bond motifs is 4. The molecule has 572 valence electrons. The highest BCUT2D eigenvalue weighted by molar-refractivity contribution is 6.21. The zero-order valence-electron chi connectivity index (χ0n) is 61.3. The van der Waals surface area contributed by atoms with Crippen LogP contribution in [0.5, 0.6) is 0 Å². The van der Waals surface area contributed by atoms with Crippen molar-refractivity contribution in [3.63, 3.8) is 0 Å². The molecule has 21 nitrogen and oxygen atoms in total. The Hall–Kier alpha value is -9.66. The average molecular weight is 1490 g/mol. The molecule has 0 aromatic heterocycles. The molecular weight excluding hydrogens is 1400 g/mol. The van der Waals surface area contributed by atoms with Gasteiger partial charge >= 0.3 is 12.1 Å². The zero-order valence-corrected chi connectivity index (χ0v) is 61.3. The van der Waals surface area contributed by atoms with Crippen molar-refractivity contribution >= 4 is 23.9 Å². The van der Waals surface area contributed by atoms with Crippen LogP contribution in [-0.2, 0) is 124 Å². The van der Waals surface area contributed by atoms with Crippen LogP contribution in [0.2, 0.25) is 0 Å². The topological polar surface area (TPSA) is 222 Å². The lowest BCUT2D eigenvalue weighted by atomic mass is 9.93. The number of imide groups is 1. The number of hydrogen-bond donors (Lipinski definition) is 1. The Balaban J connectivity index is 0.869. The molecule has 3 fully saturated rings. The lowest BCUT2D eigenvalue weighted by Gasteiger charge is -2.52. The highest BCUT2D eigenvalue weighted by atomic mass is 16.8. The molecule has 21 heteroatoms. The molecule has 3 amide bonds. The molecule has 0 saturated carbocycles. The Morgan fingerprint density at radius 1 is 0.409 bits per heavy atom. The molecule has 1 N–H and O–H groups in total. The summed E-state index contributed by atoms with van der Waals surface area (Å²) >= 11 is 0. The predicted molar refractivity (Wildman–Crippen MR) is 403 cm³/mol. The highest BCUT2D eigenvalue weighted by Crippen LogP contribution is 2.42. The maximum absolute atomic E-state index is 15.9. The van der Waals surface area contributed by atoms with Gasteiger partial charge in [0, 0.05) is 13.2 Å². The highest BCUT2D eigenvalue weighted by Gasteiger charge is 2.61. The van der Waals surface area contributed by atoms with E-state index in [1.165, 1.54) is 0 Å².